The van der Waals surface area contributed by atoms with Gasteiger partial charge in [0.1, 0.15) is 0 Å². The molecule has 1 atom stereocenters. The van der Waals surface area contributed by atoms with Crippen LogP contribution in [0.1, 0.15) is 30.0 Å². The van der Waals surface area contributed by atoms with Gasteiger partial charge < -0.3 is 5.32 Å². The molecule has 0 fully saturated rings. The molecule has 0 bridgehead atoms. The van der Waals surface area contributed by atoms with Crippen LogP contribution in [0.4, 0.5) is 0 Å². The Morgan fingerprint density at radius 3 is 2.83 bits per heavy atom. The van der Waals surface area contributed by atoms with E-state index in [0.717, 1.165) is 25.1 Å². The van der Waals surface area contributed by atoms with Gasteiger partial charge in [0.25, 0.3) is 0 Å². The number of thiophene rings is 1. The number of rotatable bonds is 6. The fourth-order valence-electron chi connectivity index (χ4n) is 1.84. The number of halogens is 1. The van der Waals surface area contributed by atoms with E-state index in [9.17, 15) is 0 Å². The first kappa shape index (κ1) is 13.7. The van der Waals surface area contributed by atoms with E-state index in [-0.39, 0.29) is 0 Å². The maximum Gasteiger partial charge on any atom is 0.0701 e. The average molecular weight is 325 g/mol. The van der Waals surface area contributed by atoms with Crippen molar-refractivity contribution in [1.29, 1.82) is 0 Å². The van der Waals surface area contributed by atoms with Crippen LogP contribution in [0.15, 0.2) is 40.3 Å². The minimum atomic E-state index is 0.358. The second-order valence-corrected chi connectivity index (χ2v) is 6.67. The number of hydrogen-bond acceptors (Lipinski definition) is 3. The second-order valence-electron chi connectivity index (χ2n) is 4.17. The molecule has 1 N–H and O–H groups in total. The summed E-state index contributed by atoms with van der Waals surface area (Å²) in [5.74, 6) is 0. The molecule has 0 radical (unpaired) electrons. The van der Waals surface area contributed by atoms with E-state index in [1.165, 1.54) is 8.66 Å². The van der Waals surface area contributed by atoms with Crippen LogP contribution in [-0.2, 0) is 6.42 Å². The molecule has 0 saturated heterocycles. The Morgan fingerprint density at radius 1 is 1.33 bits per heavy atom. The van der Waals surface area contributed by atoms with Crippen LogP contribution in [0.25, 0.3) is 0 Å². The van der Waals surface area contributed by atoms with Gasteiger partial charge in [-0.15, -0.1) is 11.3 Å². The smallest absolute Gasteiger partial charge is 0.0701 e. The van der Waals surface area contributed by atoms with E-state index in [1.54, 1.807) is 11.3 Å². The number of pyridine rings is 1. The fourth-order valence-corrected chi connectivity index (χ4v) is 3.33. The Hall–Kier alpha value is -0.710. The highest BCUT2D eigenvalue weighted by Gasteiger charge is 2.14. The van der Waals surface area contributed by atoms with Crippen LogP contribution < -0.4 is 5.32 Å². The van der Waals surface area contributed by atoms with Gasteiger partial charge in [-0.1, -0.05) is 13.0 Å². The molecular formula is C14H17BrN2S. The third-order valence-corrected chi connectivity index (χ3v) is 4.45. The second kappa shape index (κ2) is 7.02. The van der Waals surface area contributed by atoms with Crippen molar-refractivity contribution in [3.8, 4) is 0 Å². The topological polar surface area (TPSA) is 24.9 Å². The third kappa shape index (κ3) is 3.90. The molecule has 0 aliphatic carbocycles. The molecule has 2 rings (SSSR count). The molecule has 2 aromatic rings. The van der Waals surface area contributed by atoms with Crippen LogP contribution in [0, 0.1) is 0 Å². The summed E-state index contributed by atoms with van der Waals surface area (Å²) < 4.78 is 1.18. The van der Waals surface area contributed by atoms with Crippen molar-refractivity contribution in [2.24, 2.45) is 0 Å². The van der Waals surface area contributed by atoms with E-state index in [1.807, 2.05) is 18.3 Å². The molecule has 0 spiro atoms. The van der Waals surface area contributed by atoms with Crippen molar-refractivity contribution in [3.63, 3.8) is 0 Å². The Labute approximate surface area is 121 Å². The zero-order valence-corrected chi connectivity index (χ0v) is 12.8. The molecule has 0 saturated carbocycles. The molecule has 2 aromatic heterocycles. The summed E-state index contributed by atoms with van der Waals surface area (Å²) >= 11 is 5.32. The van der Waals surface area contributed by atoms with E-state index >= 15 is 0 Å². The van der Waals surface area contributed by atoms with E-state index in [0.29, 0.717) is 6.04 Å². The van der Waals surface area contributed by atoms with Gasteiger partial charge in [0, 0.05) is 29.2 Å². The molecule has 0 aliphatic heterocycles. The first-order valence-corrected chi connectivity index (χ1v) is 7.79. The van der Waals surface area contributed by atoms with Gasteiger partial charge in [-0.3, -0.25) is 4.98 Å². The van der Waals surface area contributed by atoms with E-state index in [2.05, 4.69) is 51.4 Å². The molecule has 1 unspecified atom stereocenters. The number of nitrogens with zero attached hydrogens (tertiary/aromatic N) is 1. The van der Waals surface area contributed by atoms with Crippen molar-refractivity contribution in [3.05, 3.63) is 50.9 Å². The first-order valence-electron chi connectivity index (χ1n) is 6.18. The predicted octanol–water partition coefficient (Wildman–Crippen LogP) is 4.19. The Bertz CT molecular complexity index is 470. The lowest BCUT2D eigenvalue weighted by Gasteiger charge is -2.16. The number of nitrogens with one attached hydrogen (secondary N) is 1. The van der Waals surface area contributed by atoms with Crippen LogP contribution in [-0.4, -0.2) is 11.5 Å². The van der Waals surface area contributed by atoms with Gasteiger partial charge >= 0.3 is 0 Å². The summed E-state index contributed by atoms with van der Waals surface area (Å²) in [7, 11) is 0. The monoisotopic (exact) mass is 324 g/mol. The molecule has 96 valence electrons. The SMILES string of the molecule is CCCNC(Cc1ccccn1)c1ccc(Br)s1. The normalized spacial score (nSPS) is 12.6. The lowest BCUT2D eigenvalue weighted by molar-refractivity contribution is 0.531. The summed E-state index contributed by atoms with van der Waals surface area (Å²) in [5.41, 5.74) is 1.13. The van der Waals surface area contributed by atoms with Crippen molar-refractivity contribution >= 4 is 27.3 Å². The lowest BCUT2D eigenvalue weighted by Crippen LogP contribution is -2.23. The van der Waals surface area contributed by atoms with Gasteiger partial charge in [-0.2, -0.15) is 0 Å². The molecule has 4 heteroatoms. The van der Waals surface area contributed by atoms with Crippen molar-refractivity contribution < 1.29 is 0 Å². The van der Waals surface area contributed by atoms with Crippen molar-refractivity contribution in [2.45, 2.75) is 25.8 Å². The van der Waals surface area contributed by atoms with Gasteiger partial charge in [0.05, 0.1) is 3.79 Å². The summed E-state index contributed by atoms with van der Waals surface area (Å²) in [5, 5.41) is 3.60. The zero-order valence-electron chi connectivity index (χ0n) is 10.4. The standard InChI is InChI=1S/C14H17BrN2S/c1-2-8-17-12(13-6-7-14(15)18-13)10-11-5-3-4-9-16-11/h3-7,9,12,17H,2,8,10H2,1H3. The minimum absolute atomic E-state index is 0.358. The van der Waals surface area contributed by atoms with Gasteiger partial charge in [-0.25, -0.2) is 0 Å². The zero-order chi connectivity index (χ0) is 12.8. The third-order valence-electron chi connectivity index (χ3n) is 2.72. The largest absolute Gasteiger partial charge is 0.309 e. The highest BCUT2D eigenvalue weighted by atomic mass is 79.9. The van der Waals surface area contributed by atoms with Crippen LogP contribution >= 0.6 is 27.3 Å². The summed E-state index contributed by atoms with van der Waals surface area (Å²) in [4.78, 5) is 5.77. The maximum absolute atomic E-state index is 4.41. The lowest BCUT2D eigenvalue weighted by atomic mass is 10.1. The summed E-state index contributed by atoms with van der Waals surface area (Å²) in [6.07, 6.45) is 3.94. The van der Waals surface area contributed by atoms with Crippen molar-refractivity contribution in [1.82, 2.24) is 10.3 Å². The quantitative estimate of drug-likeness (QED) is 0.861. The predicted molar refractivity (Wildman–Crippen MR) is 81.0 cm³/mol. The number of hydrogen-bond donors (Lipinski definition) is 1. The van der Waals surface area contributed by atoms with Crippen LogP contribution in [0.2, 0.25) is 0 Å². The summed E-state index contributed by atoms with van der Waals surface area (Å²) in [6, 6.07) is 10.7. The van der Waals surface area contributed by atoms with Gasteiger partial charge in [-0.05, 0) is 53.2 Å². The fraction of sp³-hybridized carbons (Fsp3) is 0.357. The minimum Gasteiger partial charge on any atom is -0.309 e. The molecule has 18 heavy (non-hydrogen) atoms. The Morgan fingerprint density at radius 2 is 2.22 bits per heavy atom. The van der Waals surface area contributed by atoms with E-state index in [4.69, 9.17) is 0 Å². The van der Waals surface area contributed by atoms with Gasteiger partial charge in [0.15, 0.2) is 0 Å². The summed E-state index contributed by atoms with van der Waals surface area (Å²) in [6.45, 7) is 3.22. The molecule has 2 nitrogen and oxygen atoms in total. The molecule has 2 heterocycles. The van der Waals surface area contributed by atoms with E-state index < -0.39 is 0 Å². The first-order chi connectivity index (χ1) is 8.79. The average Bonchev–Trinajstić information content (AvgIpc) is 2.82. The molecular weight excluding hydrogens is 308 g/mol. The van der Waals surface area contributed by atoms with Crippen LogP contribution in [0.3, 0.4) is 0 Å². The Kier molecular flexibility index (Phi) is 5.35. The maximum atomic E-state index is 4.41. The van der Waals surface area contributed by atoms with Crippen molar-refractivity contribution in [2.75, 3.05) is 6.54 Å². The molecule has 0 amide bonds. The molecule has 0 aromatic carbocycles. The highest BCUT2D eigenvalue weighted by Crippen LogP contribution is 2.29. The molecule has 0 aliphatic rings. The van der Waals surface area contributed by atoms with Gasteiger partial charge in [0.2, 0.25) is 0 Å². The highest BCUT2D eigenvalue weighted by molar-refractivity contribution is 9.11. The van der Waals surface area contributed by atoms with Crippen LogP contribution in [0.5, 0.6) is 0 Å². The number of aromatic nitrogens is 1. The Balaban J connectivity index is 2.10.